The van der Waals surface area contributed by atoms with Crippen LogP contribution in [-0.2, 0) is 0 Å². The van der Waals surface area contributed by atoms with Crippen LogP contribution in [0, 0.1) is 0 Å². The number of rotatable bonds is 2. The van der Waals surface area contributed by atoms with Gasteiger partial charge < -0.3 is 0 Å². The number of hydrogen-bond acceptors (Lipinski definition) is 3. The second-order valence-electron chi connectivity index (χ2n) is 12.5. The van der Waals surface area contributed by atoms with E-state index in [1.165, 1.54) is 21.5 Å². The number of pyridine rings is 3. The van der Waals surface area contributed by atoms with Gasteiger partial charge in [-0.2, -0.15) is 0 Å². The van der Waals surface area contributed by atoms with Crippen LogP contribution in [0.3, 0.4) is 0 Å². The maximum Gasteiger partial charge on any atom is 0.146 e. The lowest BCUT2D eigenvalue weighted by molar-refractivity contribution is 1.30. The first-order valence-electron chi connectivity index (χ1n) is 16.2. The third-order valence-corrected chi connectivity index (χ3v) is 9.85. The highest BCUT2D eigenvalue weighted by atomic mass is 15.0. The van der Waals surface area contributed by atoms with E-state index in [-0.39, 0.29) is 0 Å². The van der Waals surface area contributed by atoms with Crippen molar-refractivity contribution in [2.45, 2.75) is 0 Å². The molecule has 0 aliphatic carbocycles. The van der Waals surface area contributed by atoms with Gasteiger partial charge in [0.25, 0.3) is 0 Å². The molecule has 5 aromatic heterocycles. The maximum absolute atomic E-state index is 5.25. The second kappa shape index (κ2) is 9.47. The molecule has 48 heavy (non-hydrogen) atoms. The highest BCUT2D eigenvalue weighted by molar-refractivity contribution is 6.16. The molecule has 0 saturated carbocycles. The molecule has 0 bridgehead atoms. The minimum absolute atomic E-state index is 0.940. The predicted molar refractivity (Wildman–Crippen MR) is 198 cm³/mol. The molecular formula is C43H25N5. The monoisotopic (exact) mass is 611 g/mol. The van der Waals surface area contributed by atoms with Gasteiger partial charge in [0.15, 0.2) is 0 Å². The van der Waals surface area contributed by atoms with Crippen molar-refractivity contribution < 1.29 is 0 Å². The van der Waals surface area contributed by atoms with Gasteiger partial charge >= 0.3 is 0 Å². The van der Waals surface area contributed by atoms with Gasteiger partial charge in [-0.05, 0) is 71.4 Å². The summed E-state index contributed by atoms with van der Waals surface area (Å²) in [5, 5.41) is 7.02. The van der Waals surface area contributed by atoms with Crippen LogP contribution in [-0.4, -0.2) is 23.8 Å². The average Bonchev–Trinajstić information content (AvgIpc) is 3.75. The number of fused-ring (bicyclic) bond motifs is 16. The normalized spacial score (nSPS) is 12.2. The van der Waals surface area contributed by atoms with E-state index in [0.717, 1.165) is 77.7 Å². The molecule has 0 unspecified atom stereocenters. The lowest BCUT2D eigenvalue weighted by atomic mass is 10.0. The Bertz CT molecular complexity index is 2920. The molecule has 5 nitrogen and oxygen atoms in total. The van der Waals surface area contributed by atoms with Crippen molar-refractivity contribution in [3.8, 4) is 22.5 Å². The Hall–Kier alpha value is -6.59. The van der Waals surface area contributed by atoms with Gasteiger partial charge in [-0.15, -0.1) is 0 Å². The fourth-order valence-electron chi connectivity index (χ4n) is 7.70. The summed E-state index contributed by atoms with van der Waals surface area (Å²) in [6.45, 7) is 0. The minimum Gasteiger partial charge on any atom is -0.292 e. The Morgan fingerprint density at radius 2 is 0.750 bits per heavy atom. The number of hydrogen-bond donors (Lipinski definition) is 0. The van der Waals surface area contributed by atoms with Crippen LogP contribution in [0.1, 0.15) is 0 Å². The number of benzene rings is 6. The molecule has 0 atom stereocenters. The second-order valence-corrected chi connectivity index (χ2v) is 12.5. The third kappa shape index (κ3) is 3.47. The average molecular weight is 612 g/mol. The smallest absolute Gasteiger partial charge is 0.146 e. The molecule has 5 heterocycles. The van der Waals surface area contributed by atoms with Crippen molar-refractivity contribution in [2.75, 3.05) is 0 Å². The van der Waals surface area contributed by atoms with E-state index in [0.29, 0.717) is 0 Å². The highest BCUT2D eigenvalue weighted by Crippen LogP contribution is 2.37. The number of nitrogens with zero attached hydrogens (tertiary/aromatic N) is 5. The van der Waals surface area contributed by atoms with Crippen LogP contribution in [0.5, 0.6) is 0 Å². The molecule has 0 fully saturated rings. The van der Waals surface area contributed by atoms with E-state index in [1.54, 1.807) is 0 Å². The zero-order valence-electron chi connectivity index (χ0n) is 25.7. The SMILES string of the molecule is c1cc(-c2ccc3c(c2)c2ccccc2c2nc4ccccc4n32)nc(-c2ccc3c(c2)c2ccccc2c2nc4ccccc4n32)c1. The first-order chi connectivity index (χ1) is 23.8. The molecule has 0 aliphatic rings. The van der Waals surface area contributed by atoms with Gasteiger partial charge in [-0.3, -0.25) is 8.80 Å². The highest BCUT2D eigenvalue weighted by Gasteiger charge is 2.16. The fourth-order valence-corrected chi connectivity index (χ4v) is 7.70. The van der Waals surface area contributed by atoms with E-state index >= 15 is 0 Å². The Morgan fingerprint density at radius 3 is 1.25 bits per heavy atom. The van der Waals surface area contributed by atoms with Gasteiger partial charge in [-0.25, -0.2) is 15.0 Å². The summed E-state index contributed by atoms with van der Waals surface area (Å²) in [5.41, 5.74) is 12.5. The van der Waals surface area contributed by atoms with E-state index in [9.17, 15) is 0 Å². The lowest BCUT2D eigenvalue weighted by Gasteiger charge is -2.12. The Balaban J connectivity index is 1.12. The summed E-state index contributed by atoms with van der Waals surface area (Å²) in [6.07, 6.45) is 0. The van der Waals surface area contributed by atoms with E-state index in [2.05, 4.69) is 148 Å². The molecule has 6 aromatic carbocycles. The van der Waals surface area contributed by atoms with Crippen molar-refractivity contribution in [1.82, 2.24) is 23.8 Å². The largest absolute Gasteiger partial charge is 0.292 e. The summed E-state index contributed by atoms with van der Waals surface area (Å²) in [4.78, 5) is 15.3. The van der Waals surface area contributed by atoms with Crippen LogP contribution in [0.4, 0.5) is 0 Å². The molecule has 0 radical (unpaired) electrons. The van der Waals surface area contributed by atoms with Crippen molar-refractivity contribution in [2.24, 2.45) is 0 Å². The molecule has 11 rings (SSSR count). The standard InChI is InChI=1S/C43H25N5/c1-3-12-30-28(10-1)32-24-26(20-22-38(32)47-40-18-7-5-14-36(40)45-42(30)47)34-16-9-17-35(44-34)27-21-23-39-33(25-27)29-11-2-4-13-31(29)43-46-37-15-6-8-19-41(37)48(39)43/h1-25H. The Morgan fingerprint density at radius 1 is 0.312 bits per heavy atom. The number of imidazole rings is 2. The van der Waals surface area contributed by atoms with Crippen LogP contribution in [0.2, 0.25) is 0 Å². The van der Waals surface area contributed by atoms with Crippen LogP contribution >= 0.6 is 0 Å². The molecule has 222 valence electrons. The quantitative estimate of drug-likeness (QED) is 0.183. The molecule has 0 N–H and O–H groups in total. The Labute approximate surface area is 274 Å². The summed E-state index contributed by atoms with van der Waals surface area (Å²) in [5.74, 6) is 0. The van der Waals surface area contributed by atoms with Gasteiger partial charge in [0.05, 0.1) is 44.5 Å². The van der Waals surface area contributed by atoms with E-state index in [1.807, 2.05) is 12.1 Å². The van der Waals surface area contributed by atoms with Gasteiger partial charge in [0.1, 0.15) is 11.3 Å². The van der Waals surface area contributed by atoms with Crippen molar-refractivity contribution >= 4 is 76.7 Å². The topological polar surface area (TPSA) is 47.5 Å². The van der Waals surface area contributed by atoms with E-state index < -0.39 is 0 Å². The molecule has 0 saturated heterocycles. The molecule has 0 spiro atoms. The van der Waals surface area contributed by atoms with Gasteiger partial charge in [-0.1, -0.05) is 91.0 Å². The number of para-hydroxylation sites is 4. The first-order valence-corrected chi connectivity index (χ1v) is 16.2. The molecule has 11 aromatic rings. The maximum atomic E-state index is 5.25. The summed E-state index contributed by atoms with van der Waals surface area (Å²) in [7, 11) is 0. The summed E-state index contributed by atoms with van der Waals surface area (Å²) in [6, 6.07) is 53.6. The zero-order chi connectivity index (χ0) is 31.3. The molecule has 0 amide bonds. The minimum atomic E-state index is 0.940. The summed E-state index contributed by atoms with van der Waals surface area (Å²) >= 11 is 0. The summed E-state index contributed by atoms with van der Waals surface area (Å²) < 4.78 is 4.58. The van der Waals surface area contributed by atoms with Crippen LogP contribution < -0.4 is 0 Å². The fraction of sp³-hybridized carbons (Fsp3) is 0. The molecule has 5 heteroatoms. The predicted octanol–water partition coefficient (Wildman–Crippen LogP) is 10.6. The van der Waals surface area contributed by atoms with Crippen molar-refractivity contribution in [1.29, 1.82) is 0 Å². The lowest BCUT2D eigenvalue weighted by Crippen LogP contribution is -1.94. The van der Waals surface area contributed by atoms with Crippen molar-refractivity contribution in [3.05, 3.63) is 152 Å². The number of aromatic nitrogens is 5. The molecule has 0 aliphatic heterocycles. The van der Waals surface area contributed by atoms with Crippen LogP contribution in [0.25, 0.3) is 99.2 Å². The first kappa shape index (κ1) is 25.6. The van der Waals surface area contributed by atoms with Gasteiger partial charge in [0, 0.05) is 32.7 Å². The molecular weight excluding hydrogens is 587 g/mol. The van der Waals surface area contributed by atoms with E-state index in [4.69, 9.17) is 15.0 Å². The Kier molecular flexibility index (Phi) is 5.05. The zero-order valence-corrected chi connectivity index (χ0v) is 25.7. The van der Waals surface area contributed by atoms with Gasteiger partial charge in [0.2, 0.25) is 0 Å². The van der Waals surface area contributed by atoms with Crippen molar-refractivity contribution in [3.63, 3.8) is 0 Å². The van der Waals surface area contributed by atoms with Crippen LogP contribution in [0.15, 0.2) is 152 Å². The third-order valence-electron chi connectivity index (χ3n) is 9.85.